The number of benzene rings is 1. The quantitative estimate of drug-likeness (QED) is 0.627. The lowest BCUT2D eigenvalue weighted by molar-refractivity contribution is 0.0943. The summed E-state index contributed by atoms with van der Waals surface area (Å²) in [6.07, 6.45) is 2.56. The Morgan fingerprint density at radius 3 is 2.54 bits per heavy atom. The summed E-state index contributed by atoms with van der Waals surface area (Å²) in [7, 11) is 0. The van der Waals surface area contributed by atoms with Crippen LogP contribution in [0.4, 0.5) is 0 Å². The predicted octanol–water partition coefficient (Wildman–Crippen LogP) is 4.83. The Morgan fingerprint density at radius 1 is 1.23 bits per heavy atom. The van der Waals surface area contributed by atoms with E-state index in [2.05, 4.69) is 43.4 Å². The molecule has 3 rings (SSSR count). The van der Waals surface area contributed by atoms with E-state index in [0.717, 1.165) is 16.9 Å². The van der Waals surface area contributed by atoms with Crippen molar-refractivity contribution >= 4 is 17.2 Å². The molecule has 0 radical (unpaired) electrons. The number of hydrogen-bond donors (Lipinski definition) is 2. The second kappa shape index (κ2) is 8.34. The largest absolute Gasteiger partial charge is 0.467 e. The molecule has 2 atom stereocenters. The van der Waals surface area contributed by atoms with Crippen LogP contribution in [0.15, 0.2) is 58.5 Å². The normalized spacial score (nSPS) is 13.3. The third-order valence-corrected chi connectivity index (χ3v) is 5.61. The third kappa shape index (κ3) is 4.06. The summed E-state index contributed by atoms with van der Waals surface area (Å²) in [5.41, 5.74) is 8.43. The Bertz CT molecular complexity index is 837. The lowest BCUT2D eigenvalue weighted by Gasteiger charge is -2.19. The molecule has 2 unspecified atom stereocenters. The van der Waals surface area contributed by atoms with Gasteiger partial charge in [-0.25, -0.2) is 0 Å². The number of carbonyl (C=O) groups is 1. The van der Waals surface area contributed by atoms with Crippen molar-refractivity contribution in [2.75, 3.05) is 0 Å². The van der Waals surface area contributed by atoms with Crippen LogP contribution in [0.5, 0.6) is 0 Å². The van der Waals surface area contributed by atoms with E-state index < -0.39 is 0 Å². The first-order valence-corrected chi connectivity index (χ1v) is 9.72. The molecular formula is C21H24N2O2S. The highest BCUT2D eigenvalue weighted by molar-refractivity contribution is 7.10. The van der Waals surface area contributed by atoms with Crippen LogP contribution in [0.2, 0.25) is 0 Å². The van der Waals surface area contributed by atoms with Crippen molar-refractivity contribution in [3.63, 3.8) is 0 Å². The lowest BCUT2D eigenvalue weighted by atomic mass is 9.95. The van der Waals surface area contributed by atoms with Crippen molar-refractivity contribution in [3.8, 4) is 0 Å². The van der Waals surface area contributed by atoms with Crippen molar-refractivity contribution in [2.45, 2.75) is 38.8 Å². The SMILES string of the molecule is CCC(C)c1ccc(C(NC(=O)c2coc(CN)c2)c2cccs2)cc1. The predicted molar refractivity (Wildman–Crippen MR) is 105 cm³/mol. The number of carbonyl (C=O) groups excluding carboxylic acids is 1. The maximum atomic E-state index is 12.7. The number of hydrogen-bond acceptors (Lipinski definition) is 4. The molecule has 136 valence electrons. The van der Waals surface area contributed by atoms with Gasteiger partial charge in [0.05, 0.1) is 18.2 Å². The van der Waals surface area contributed by atoms with Gasteiger partial charge in [-0.15, -0.1) is 11.3 Å². The van der Waals surface area contributed by atoms with E-state index >= 15 is 0 Å². The molecule has 2 heterocycles. The summed E-state index contributed by atoms with van der Waals surface area (Å²) >= 11 is 1.63. The maximum Gasteiger partial charge on any atom is 0.255 e. The van der Waals surface area contributed by atoms with Crippen molar-refractivity contribution in [1.29, 1.82) is 0 Å². The van der Waals surface area contributed by atoms with E-state index in [4.69, 9.17) is 10.2 Å². The van der Waals surface area contributed by atoms with Gasteiger partial charge in [0.2, 0.25) is 0 Å². The molecule has 3 N–H and O–H groups in total. The third-order valence-electron chi connectivity index (χ3n) is 4.67. The van der Waals surface area contributed by atoms with Crippen LogP contribution >= 0.6 is 11.3 Å². The van der Waals surface area contributed by atoms with Gasteiger partial charge in [0.15, 0.2) is 0 Å². The van der Waals surface area contributed by atoms with Crippen molar-refractivity contribution in [1.82, 2.24) is 5.32 Å². The van der Waals surface area contributed by atoms with E-state index in [0.29, 0.717) is 17.2 Å². The number of amides is 1. The second-order valence-corrected chi connectivity index (χ2v) is 7.38. The van der Waals surface area contributed by atoms with Gasteiger partial charge >= 0.3 is 0 Å². The molecular weight excluding hydrogens is 344 g/mol. The molecule has 4 nitrogen and oxygen atoms in total. The summed E-state index contributed by atoms with van der Waals surface area (Å²) in [5, 5.41) is 5.14. The van der Waals surface area contributed by atoms with Gasteiger partial charge < -0.3 is 15.5 Å². The van der Waals surface area contributed by atoms with E-state index in [1.54, 1.807) is 17.4 Å². The van der Waals surface area contributed by atoms with E-state index in [9.17, 15) is 4.79 Å². The molecule has 2 aromatic heterocycles. The van der Waals surface area contributed by atoms with Crippen molar-refractivity contribution in [2.24, 2.45) is 5.73 Å². The summed E-state index contributed by atoms with van der Waals surface area (Å²) in [6, 6.07) is 14.0. The van der Waals surface area contributed by atoms with Crippen LogP contribution in [0.25, 0.3) is 0 Å². The summed E-state index contributed by atoms with van der Waals surface area (Å²) in [5.74, 6) is 0.957. The molecule has 0 aliphatic rings. The van der Waals surface area contributed by atoms with Crippen LogP contribution in [-0.2, 0) is 6.54 Å². The van der Waals surface area contributed by atoms with Gasteiger partial charge in [0.1, 0.15) is 12.0 Å². The maximum absolute atomic E-state index is 12.7. The number of thiophene rings is 1. The summed E-state index contributed by atoms with van der Waals surface area (Å²) in [4.78, 5) is 13.8. The average molecular weight is 369 g/mol. The molecule has 0 saturated carbocycles. The van der Waals surface area contributed by atoms with Gasteiger partial charge in [-0.3, -0.25) is 4.79 Å². The first-order chi connectivity index (χ1) is 12.6. The number of rotatable bonds is 7. The van der Waals surface area contributed by atoms with Gasteiger partial charge in [-0.2, -0.15) is 0 Å². The molecule has 0 fully saturated rings. The molecule has 0 saturated heterocycles. The summed E-state index contributed by atoms with van der Waals surface area (Å²) < 4.78 is 5.28. The molecule has 1 aromatic carbocycles. The highest BCUT2D eigenvalue weighted by Gasteiger charge is 2.20. The Morgan fingerprint density at radius 2 is 1.96 bits per heavy atom. The minimum Gasteiger partial charge on any atom is -0.467 e. The first kappa shape index (κ1) is 18.4. The monoisotopic (exact) mass is 368 g/mol. The van der Waals surface area contributed by atoms with Crippen LogP contribution < -0.4 is 11.1 Å². The second-order valence-electron chi connectivity index (χ2n) is 6.40. The van der Waals surface area contributed by atoms with Gasteiger partial charge in [0, 0.05) is 4.88 Å². The smallest absolute Gasteiger partial charge is 0.255 e. The van der Waals surface area contributed by atoms with Crippen molar-refractivity contribution < 1.29 is 9.21 Å². The highest BCUT2D eigenvalue weighted by Crippen LogP contribution is 2.28. The number of furan rings is 1. The molecule has 0 aliphatic carbocycles. The van der Waals surface area contributed by atoms with E-state index in [1.165, 1.54) is 11.8 Å². The Balaban J connectivity index is 1.85. The zero-order valence-electron chi connectivity index (χ0n) is 15.1. The lowest BCUT2D eigenvalue weighted by Crippen LogP contribution is -2.28. The molecule has 0 bridgehead atoms. The van der Waals surface area contributed by atoms with Crippen molar-refractivity contribution in [3.05, 3.63) is 81.4 Å². The first-order valence-electron chi connectivity index (χ1n) is 8.84. The minimum atomic E-state index is -0.190. The molecule has 0 aliphatic heterocycles. The van der Waals surface area contributed by atoms with Gasteiger partial charge in [-0.1, -0.05) is 44.2 Å². The standard InChI is InChI=1S/C21H24N2O2S/c1-3-14(2)15-6-8-16(9-7-15)20(19-5-4-10-26-19)23-21(24)17-11-18(12-22)25-13-17/h4-11,13-14,20H,3,12,22H2,1-2H3,(H,23,24). The van der Waals surface area contributed by atoms with E-state index in [1.807, 2.05) is 17.5 Å². The molecule has 0 spiro atoms. The van der Waals surface area contributed by atoms with Gasteiger partial charge in [0.25, 0.3) is 5.91 Å². The fraction of sp³-hybridized carbons (Fsp3) is 0.286. The van der Waals surface area contributed by atoms with Gasteiger partial charge in [-0.05, 0) is 41.0 Å². The molecule has 5 heteroatoms. The van der Waals surface area contributed by atoms with Crippen LogP contribution in [0.1, 0.15) is 64.4 Å². The number of nitrogens with two attached hydrogens (primary N) is 1. The Labute approximate surface area is 158 Å². The zero-order valence-corrected chi connectivity index (χ0v) is 15.9. The molecule has 26 heavy (non-hydrogen) atoms. The fourth-order valence-electron chi connectivity index (χ4n) is 2.85. The molecule has 1 amide bonds. The minimum absolute atomic E-state index is 0.169. The summed E-state index contributed by atoms with van der Waals surface area (Å²) in [6.45, 7) is 4.69. The Hall–Kier alpha value is -2.37. The van der Waals surface area contributed by atoms with Crippen LogP contribution in [-0.4, -0.2) is 5.91 Å². The zero-order chi connectivity index (χ0) is 18.5. The molecule has 3 aromatic rings. The van der Waals surface area contributed by atoms with Crippen LogP contribution in [0.3, 0.4) is 0 Å². The highest BCUT2D eigenvalue weighted by atomic mass is 32.1. The Kier molecular flexibility index (Phi) is 5.91. The van der Waals surface area contributed by atoms with Crippen LogP contribution in [0, 0.1) is 0 Å². The fourth-order valence-corrected chi connectivity index (χ4v) is 3.65. The average Bonchev–Trinajstić information content (AvgIpc) is 3.37. The number of nitrogens with one attached hydrogen (secondary N) is 1. The topological polar surface area (TPSA) is 68.3 Å². The van der Waals surface area contributed by atoms with E-state index in [-0.39, 0.29) is 18.5 Å².